The summed E-state index contributed by atoms with van der Waals surface area (Å²) in [6, 6.07) is 8.58. The van der Waals surface area contributed by atoms with Gasteiger partial charge >= 0.3 is 5.97 Å². The Kier molecular flexibility index (Phi) is 7.24. The van der Waals surface area contributed by atoms with Gasteiger partial charge in [-0.3, -0.25) is 0 Å². The Bertz CT molecular complexity index is 878. The second-order valence-electron chi connectivity index (χ2n) is 6.61. The molecule has 1 unspecified atom stereocenters. The Morgan fingerprint density at radius 1 is 1.17 bits per heavy atom. The van der Waals surface area contributed by atoms with E-state index in [0.717, 1.165) is 12.8 Å². The number of carbonyl (C=O) groups is 1. The summed E-state index contributed by atoms with van der Waals surface area (Å²) < 4.78 is 33.5. The molecule has 3 rings (SSSR count). The lowest BCUT2D eigenvalue weighted by Crippen LogP contribution is -2.26. The maximum atomic E-state index is 12.4. The van der Waals surface area contributed by atoms with Crippen molar-refractivity contribution in [2.45, 2.75) is 32.5 Å². The number of hydrogen-bond donors (Lipinski definition) is 1. The van der Waals surface area contributed by atoms with Gasteiger partial charge in [0.1, 0.15) is 22.7 Å². The smallest absolute Gasteiger partial charge is 0.341 e. The summed E-state index contributed by atoms with van der Waals surface area (Å²) in [7, 11) is 2.86. The predicted octanol–water partition coefficient (Wildman–Crippen LogP) is 4.16. The SMILES string of the molecule is CCOc1cc(C(=O)OC)c(OC2CCCCO2)c(N)c1Oc1cccc(OC)c1. The maximum absolute atomic E-state index is 12.4. The lowest BCUT2D eigenvalue weighted by molar-refractivity contribution is -0.105. The molecule has 0 bridgehead atoms. The minimum atomic E-state index is -0.596. The first-order valence-electron chi connectivity index (χ1n) is 9.85. The Hall–Kier alpha value is -3.13. The Morgan fingerprint density at radius 3 is 2.63 bits per heavy atom. The molecular formula is C22H27NO7. The molecule has 0 aromatic heterocycles. The highest BCUT2D eigenvalue weighted by Crippen LogP contribution is 2.46. The minimum absolute atomic E-state index is 0.123. The van der Waals surface area contributed by atoms with E-state index in [1.54, 1.807) is 31.4 Å². The molecule has 2 aromatic carbocycles. The third kappa shape index (κ3) is 4.88. The fourth-order valence-electron chi connectivity index (χ4n) is 3.12. The summed E-state index contributed by atoms with van der Waals surface area (Å²) in [5.41, 5.74) is 6.69. The van der Waals surface area contributed by atoms with Gasteiger partial charge in [0.05, 0.1) is 27.4 Å². The monoisotopic (exact) mass is 417 g/mol. The Labute approximate surface area is 175 Å². The fourth-order valence-corrected chi connectivity index (χ4v) is 3.12. The summed E-state index contributed by atoms with van der Waals surface area (Å²) in [6.07, 6.45) is 2.11. The third-order valence-corrected chi connectivity index (χ3v) is 4.59. The highest BCUT2D eigenvalue weighted by Gasteiger charge is 2.28. The van der Waals surface area contributed by atoms with Gasteiger partial charge < -0.3 is 34.2 Å². The van der Waals surface area contributed by atoms with E-state index in [0.29, 0.717) is 36.9 Å². The summed E-state index contributed by atoms with van der Waals surface area (Å²) in [5.74, 6) is 1.21. The van der Waals surface area contributed by atoms with E-state index >= 15 is 0 Å². The number of methoxy groups -OCH3 is 2. The van der Waals surface area contributed by atoms with Gasteiger partial charge in [-0.2, -0.15) is 0 Å². The average Bonchev–Trinajstić information content (AvgIpc) is 2.78. The van der Waals surface area contributed by atoms with Crippen LogP contribution in [0.2, 0.25) is 0 Å². The van der Waals surface area contributed by atoms with Crippen LogP contribution in [0.5, 0.6) is 28.7 Å². The van der Waals surface area contributed by atoms with Crippen LogP contribution in [-0.4, -0.2) is 39.7 Å². The first-order valence-corrected chi connectivity index (χ1v) is 9.85. The zero-order valence-corrected chi connectivity index (χ0v) is 17.4. The normalized spacial score (nSPS) is 15.9. The van der Waals surface area contributed by atoms with Crippen molar-refractivity contribution in [3.63, 3.8) is 0 Å². The zero-order chi connectivity index (χ0) is 21.5. The van der Waals surface area contributed by atoms with E-state index in [1.807, 2.05) is 6.92 Å². The van der Waals surface area contributed by atoms with Crippen LogP contribution >= 0.6 is 0 Å². The molecule has 1 aliphatic rings. The molecule has 2 aromatic rings. The largest absolute Gasteiger partial charge is 0.497 e. The van der Waals surface area contributed by atoms with Crippen molar-refractivity contribution in [1.82, 2.24) is 0 Å². The van der Waals surface area contributed by atoms with Gasteiger partial charge in [0, 0.05) is 18.6 Å². The molecule has 8 heteroatoms. The van der Waals surface area contributed by atoms with Crippen molar-refractivity contribution in [3.05, 3.63) is 35.9 Å². The second kappa shape index (κ2) is 10.1. The van der Waals surface area contributed by atoms with Crippen LogP contribution < -0.4 is 24.7 Å². The van der Waals surface area contributed by atoms with Gasteiger partial charge in [0.25, 0.3) is 0 Å². The number of benzene rings is 2. The van der Waals surface area contributed by atoms with Crippen LogP contribution in [0.15, 0.2) is 30.3 Å². The number of anilines is 1. The third-order valence-electron chi connectivity index (χ3n) is 4.59. The first kappa shape index (κ1) is 21.6. The van der Waals surface area contributed by atoms with E-state index in [9.17, 15) is 4.79 Å². The van der Waals surface area contributed by atoms with Gasteiger partial charge in [-0.15, -0.1) is 0 Å². The number of carbonyl (C=O) groups excluding carboxylic acids is 1. The number of hydrogen-bond acceptors (Lipinski definition) is 8. The fraction of sp³-hybridized carbons (Fsp3) is 0.409. The molecule has 8 nitrogen and oxygen atoms in total. The van der Waals surface area contributed by atoms with E-state index in [1.165, 1.54) is 13.2 Å². The van der Waals surface area contributed by atoms with Crippen molar-refractivity contribution in [1.29, 1.82) is 0 Å². The van der Waals surface area contributed by atoms with Gasteiger partial charge in [-0.1, -0.05) is 6.07 Å². The highest BCUT2D eigenvalue weighted by atomic mass is 16.7. The zero-order valence-electron chi connectivity index (χ0n) is 17.4. The molecule has 1 aliphatic heterocycles. The van der Waals surface area contributed by atoms with Crippen LogP contribution in [-0.2, 0) is 9.47 Å². The molecule has 162 valence electrons. The van der Waals surface area contributed by atoms with Crippen molar-refractivity contribution < 1.29 is 33.2 Å². The average molecular weight is 417 g/mol. The van der Waals surface area contributed by atoms with Crippen molar-refractivity contribution >= 4 is 11.7 Å². The maximum Gasteiger partial charge on any atom is 0.341 e. The van der Waals surface area contributed by atoms with Gasteiger partial charge in [0.15, 0.2) is 23.5 Å². The van der Waals surface area contributed by atoms with Crippen LogP contribution in [0.25, 0.3) is 0 Å². The topological polar surface area (TPSA) is 98.5 Å². The summed E-state index contributed by atoms with van der Waals surface area (Å²) in [6.45, 7) is 2.76. The quantitative estimate of drug-likeness (QED) is 0.505. The molecule has 30 heavy (non-hydrogen) atoms. The van der Waals surface area contributed by atoms with E-state index in [-0.39, 0.29) is 22.7 Å². The van der Waals surface area contributed by atoms with Crippen LogP contribution in [0.3, 0.4) is 0 Å². The van der Waals surface area contributed by atoms with E-state index < -0.39 is 12.3 Å². The van der Waals surface area contributed by atoms with Gasteiger partial charge in [0.2, 0.25) is 0 Å². The minimum Gasteiger partial charge on any atom is -0.497 e. The highest BCUT2D eigenvalue weighted by molar-refractivity contribution is 5.96. The molecule has 0 amide bonds. The van der Waals surface area contributed by atoms with E-state index in [4.69, 9.17) is 34.2 Å². The summed E-state index contributed by atoms with van der Waals surface area (Å²) >= 11 is 0. The number of nitrogen functional groups attached to an aromatic ring is 1. The standard InChI is InChI=1S/C22H27NO7/c1-4-27-17-13-16(22(24)26-3)20(30-18-10-5-6-11-28-18)19(23)21(17)29-15-9-7-8-14(12-15)25-2/h7-9,12-13,18H,4-6,10-11,23H2,1-3H3. The molecule has 0 radical (unpaired) electrons. The number of ether oxygens (including phenoxy) is 6. The molecule has 0 aliphatic carbocycles. The first-order chi connectivity index (χ1) is 14.6. The van der Waals surface area contributed by atoms with Crippen molar-refractivity contribution in [2.24, 2.45) is 0 Å². The molecule has 1 atom stereocenters. The summed E-state index contributed by atoms with van der Waals surface area (Å²) in [4.78, 5) is 12.4. The lowest BCUT2D eigenvalue weighted by atomic mass is 10.1. The molecule has 2 N–H and O–H groups in total. The second-order valence-corrected chi connectivity index (χ2v) is 6.61. The molecule has 1 fully saturated rings. The molecule has 1 heterocycles. The van der Waals surface area contributed by atoms with Crippen molar-refractivity contribution in [2.75, 3.05) is 33.2 Å². The van der Waals surface area contributed by atoms with E-state index in [2.05, 4.69) is 0 Å². The summed E-state index contributed by atoms with van der Waals surface area (Å²) in [5, 5.41) is 0. The number of esters is 1. The van der Waals surface area contributed by atoms with Crippen LogP contribution in [0.1, 0.15) is 36.5 Å². The lowest BCUT2D eigenvalue weighted by Gasteiger charge is -2.26. The van der Waals surface area contributed by atoms with Gasteiger partial charge in [-0.05, 0) is 31.9 Å². The number of rotatable bonds is 8. The molecule has 0 saturated carbocycles. The molecule has 0 spiro atoms. The van der Waals surface area contributed by atoms with Gasteiger partial charge in [-0.25, -0.2) is 4.79 Å². The Morgan fingerprint density at radius 2 is 1.97 bits per heavy atom. The van der Waals surface area contributed by atoms with Crippen LogP contribution in [0, 0.1) is 0 Å². The Balaban J connectivity index is 2.06. The molecular weight excluding hydrogens is 390 g/mol. The predicted molar refractivity (Wildman–Crippen MR) is 111 cm³/mol. The number of nitrogens with two attached hydrogens (primary N) is 1. The molecule has 1 saturated heterocycles. The van der Waals surface area contributed by atoms with Crippen LogP contribution in [0.4, 0.5) is 5.69 Å². The van der Waals surface area contributed by atoms with Crippen molar-refractivity contribution in [3.8, 4) is 28.7 Å².